The summed E-state index contributed by atoms with van der Waals surface area (Å²) in [6, 6.07) is 9.42. The lowest BCUT2D eigenvalue weighted by molar-refractivity contribution is -0.384. The number of nitro groups is 1. The monoisotopic (exact) mass is 501 g/mol. The normalized spacial score (nSPS) is 12.4. The van der Waals surface area contributed by atoms with Crippen LogP contribution in [0.4, 0.5) is 17.1 Å². The molecule has 3 aromatic carbocycles. The molecule has 2 aliphatic heterocycles. The summed E-state index contributed by atoms with van der Waals surface area (Å²) >= 11 is 0. The summed E-state index contributed by atoms with van der Waals surface area (Å²) in [6.45, 7) is 4.21. The van der Waals surface area contributed by atoms with Crippen molar-refractivity contribution < 1.29 is 19.2 Å². The molecule has 2 aliphatic rings. The molecule has 0 radical (unpaired) electrons. The van der Waals surface area contributed by atoms with Gasteiger partial charge in [-0.25, -0.2) is 15.8 Å². The van der Waals surface area contributed by atoms with Gasteiger partial charge in [0.05, 0.1) is 11.0 Å². The second-order valence-corrected chi connectivity index (χ2v) is 9.01. The number of non-ortho nitro benzene ring substituents is 1. The number of unbranched alkanes of at least 4 members (excludes halogenated alkanes) is 2. The van der Waals surface area contributed by atoms with Crippen molar-refractivity contribution in [3.8, 4) is 23.0 Å². The molecule has 1 amide bonds. The largest absolute Gasteiger partial charge is 0.452 e. The summed E-state index contributed by atoms with van der Waals surface area (Å²) in [5.74, 6) is 6.87. The maximum absolute atomic E-state index is 12.1. The molecule has 3 N–H and O–H groups in total. The van der Waals surface area contributed by atoms with Gasteiger partial charge in [0.2, 0.25) is 0 Å². The van der Waals surface area contributed by atoms with Crippen molar-refractivity contribution >= 4 is 23.0 Å². The van der Waals surface area contributed by atoms with Crippen LogP contribution in [-0.4, -0.2) is 10.8 Å². The predicted molar refractivity (Wildman–Crippen MR) is 137 cm³/mol. The maximum Gasteiger partial charge on any atom is 0.273 e. The molecule has 2 heterocycles. The van der Waals surface area contributed by atoms with E-state index in [1.807, 2.05) is 0 Å². The average Bonchev–Trinajstić information content (AvgIpc) is 2.91. The molecule has 0 bridgehead atoms. The van der Waals surface area contributed by atoms with Crippen LogP contribution < -0.4 is 31.5 Å². The lowest BCUT2D eigenvalue weighted by atomic mass is 9.97. The Bertz CT molecular complexity index is 1550. The van der Waals surface area contributed by atoms with Gasteiger partial charge in [-0.15, -0.1) is 0 Å². The van der Waals surface area contributed by atoms with Crippen molar-refractivity contribution in [1.82, 2.24) is 5.43 Å². The number of ether oxygens (including phenoxy) is 2. The van der Waals surface area contributed by atoms with Gasteiger partial charge in [0.25, 0.3) is 11.6 Å². The molecule has 3 aromatic rings. The molecule has 0 saturated carbocycles. The zero-order valence-electron chi connectivity index (χ0n) is 20.7. The van der Waals surface area contributed by atoms with Crippen LogP contribution in [0.15, 0.2) is 46.4 Å². The second kappa shape index (κ2) is 9.98. The van der Waals surface area contributed by atoms with Gasteiger partial charge in [-0.2, -0.15) is 0 Å². The molecule has 10 heteroatoms. The van der Waals surface area contributed by atoms with Crippen molar-refractivity contribution in [3.63, 3.8) is 0 Å². The average molecular weight is 502 g/mol. The lowest BCUT2D eigenvalue weighted by Crippen LogP contribution is -2.30. The summed E-state index contributed by atoms with van der Waals surface area (Å²) < 4.78 is 12.8. The zero-order chi connectivity index (χ0) is 26.1. The maximum atomic E-state index is 12.1. The Kier molecular flexibility index (Phi) is 6.58. The standard InChI is InChI=1S/C27H27N5O5/c1-3-5-7-17-24-26(37-22-14-16(32(34)35)10-12-20(22)30-24)18(8-6-4-2)23-25(17)36-21-13-15(27(33)31-28)9-11-19(21)29-23/h9-14H,3-8,28H2,1-2H3,(H,31,33). The Balaban J connectivity index is 1.78. The van der Waals surface area contributed by atoms with Crippen LogP contribution in [0, 0.1) is 10.1 Å². The Labute approximate surface area is 213 Å². The predicted octanol–water partition coefficient (Wildman–Crippen LogP) is 5.00. The smallest absolute Gasteiger partial charge is 0.273 e. The van der Waals surface area contributed by atoms with E-state index in [1.165, 1.54) is 12.1 Å². The van der Waals surface area contributed by atoms with Gasteiger partial charge in [0, 0.05) is 22.8 Å². The number of nitrogens with zero attached hydrogens (tertiary/aromatic N) is 3. The number of rotatable bonds is 8. The van der Waals surface area contributed by atoms with E-state index >= 15 is 0 Å². The SMILES string of the molecule is CCCCc1c2c(c(CCCC)c3c1=Nc1ccc(C(=O)NN)cc1O3)=Nc1ccc([N+](=O)[O-])cc1O2. The molecule has 190 valence electrons. The molecule has 0 saturated heterocycles. The Morgan fingerprint density at radius 2 is 1.46 bits per heavy atom. The van der Waals surface area contributed by atoms with Crippen molar-refractivity contribution in [1.29, 1.82) is 0 Å². The van der Waals surface area contributed by atoms with E-state index in [4.69, 9.17) is 25.3 Å². The molecule has 5 rings (SSSR count). The van der Waals surface area contributed by atoms with Crippen LogP contribution in [-0.2, 0) is 12.8 Å². The van der Waals surface area contributed by atoms with Crippen molar-refractivity contribution in [2.24, 2.45) is 15.8 Å². The van der Waals surface area contributed by atoms with Gasteiger partial charge < -0.3 is 9.47 Å². The number of hydrazine groups is 1. The van der Waals surface area contributed by atoms with Crippen LogP contribution >= 0.6 is 0 Å². The quantitative estimate of drug-likeness (QED) is 0.133. The first-order valence-corrected chi connectivity index (χ1v) is 12.4. The molecule has 0 aromatic heterocycles. The Morgan fingerprint density at radius 3 is 1.97 bits per heavy atom. The number of carbonyl (C=O) groups is 1. The van der Waals surface area contributed by atoms with Crippen molar-refractivity contribution in [2.45, 2.75) is 52.4 Å². The van der Waals surface area contributed by atoms with Crippen LogP contribution in [0.1, 0.15) is 61.0 Å². The molecule has 0 fully saturated rings. The van der Waals surface area contributed by atoms with Crippen molar-refractivity contribution in [2.75, 3.05) is 0 Å². The number of benzene rings is 3. The van der Waals surface area contributed by atoms with Crippen LogP contribution in [0.5, 0.6) is 23.0 Å². The van der Waals surface area contributed by atoms with E-state index in [0.29, 0.717) is 63.5 Å². The van der Waals surface area contributed by atoms with Gasteiger partial charge in [-0.3, -0.25) is 20.3 Å². The molecule has 0 atom stereocenters. The van der Waals surface area contributed by atoms with Crippen LogP contribution in [0.3, 0.4) is 0 Å². The molecular weight excluding hydrogens is 474 g/mol. The Hall–Kier alpha value is -4.31. The van der Waals surface area contributed by atoms with Gasteiger partial charge >= 0.3 is 0 Å². The number of hydrogen-bond acceptors (Lipinski definition) is 8. The minimum atomic E-state index is -0.448. The third kappa shape index (κ3) is 4.40. The van der Waals surface area contributed by atoms with E-state index in [-0.39, 0.29) is 5.69 Å². The summed E-state index contributed by atoms with van der Waals surface area (Å²) in [6.07, 6.45) is 5.04. The number of carbonyl (C=O) groups excluding carboxylic acids is 1. The first kappa shape index (κ1) is 24.4. The number of amides is 1. The Morgan fingerprint density at radius 1 is 0.919 bits per heavy atom. The van der Waals surface area contributed by atoms with Gasteiger partial charge in [-0.1, -0.05) is 26.7 Å². The lowest BCUT2D eigenvalue weighted by Gasteiger charge is -2.24. The summed E-state index contributed by atoms with van der Waals surface area (Å²) in [5, 5.41) is 12.7. The van der Waals surface area contributed by atoms with E-state index in [2.05, 4.69) is 19.3 Å². The molecule has 0 aliphatic carbocycles. The highest BCUT2D eigenvalue weighted by molar-refractivity contribution is 5.94. The highest BCUT2D eigenvalue weighted by Crippen LogP contribution is 2.42. The van der Waals surface area contributed by atoms with E-state index in [1.54, 1.807) is 24.3 Å². The fraction of sp³-hybridized carbons (Fsp3) is 0.296. The van der Waals surface area contributed by atoms with Gasteiger partial charge in [-0.05, 0) is 49.9 Å². The second-order valence-electron chi connectivity index (χ2n) is 9.01. The zero-order valence-corrected chi connectivity index (χ0v) is 20.7. The molecule has 37 heavy (non-hydrogen) atoms. The molecule has 0 unspecified atom stereocenters. The van der Waals surface area contributed by atoms with Gasteiger partial charge in [0.1, 0.15) is 22.1 Å². The van der Waals surface area contributed by atoms with Crippen LogP contribution in [0.2, 0.25) is 0 Å². The third-order valence-corrected chi connectivity index (χ3v) is 6.51. The highest BCUT2D eigenvalue weighted by atomic mass is 16.6. The molecule has 0 spiro atoms. The number of nitrogen functional groups attached to an aromatic ring is 1. The van der Waals surface area contributed by atoms with E-state index in [9.17, 15) is 14.9 Å². The number of nitrogens with one attached hydrogen (secondary N) is 1. The van der Waals surface area contributed by atoms with E-state index < -0.39 is 10.8 Å². The first-order chi connectivity index (χ1) is 17.9. The summed E-state index contributed by atoms with van der Waals surface area (Å²) in [4.78, 5) is 32.9. The highest BCUT2D eigenvalue weighted by Gasteiger charge is 2.29. The fourth-order valence-corrected chi connectivity index (χ4v) is 4.57. The third-order valence-electron chi connectivity index (χ3n) is 6.51. The molecular formula is C27H27N5O5. The number of nitrogens with two attached hydrogens (primary N) is 1. The molecule has 10 nitrogen and oxygen atoms in total. The first-order valence-electron chi connectivity index (χ1n) is 12.4. The fourth-order valence-electron chi connectivity index (χ4n) is 4.57. The summed E-state index contributed by atoms with van der Waals surface area (Å²) in [7, 11) is 0. The topological polar surface area (TPSA) is 141 Å². The minimum Gasteiger partial charge on any atom is -0.452 e. The number of nitro benzene ring substituents is 1. The number of hydrogen-bond donors (Lipinski definition) is 2. The van der Waals surface area contributed by atoms with Crippen molar-refractivity contribution in [3.05, 3.63) is 73.9 Å². The van der Waals surface area contributed by atoms with Crippen LogP contribution in [0.25, 0.3) is 0 Å². The summed E-state index contributed by atoms with van der Waals surface area (Å²) in [5.41, 5.74) is 5.26. The minimum absolute atomic E-state index is 0.0593. The van der Waals surface area contributed by atoms with E-state index in [0.717, 1.165) is 36.8 Å². The van der Waals surface area contributed by atoms with Gasteiger partial charge in [0.15, 0.2) is 23.0 Å². The number of fused-ring (bicyclic) bond motifs is 4.